The second-order valence-electron chi connectivity index (χ2n) is 3.56. The Kier molecular flexibility index (Phi) is 5.80. The van der Waals surface area contributed by atoms with E-state index in [0.29, 0.717) is 5.69 Å². The van der Waals surface area contributed by atoms with Gasteiger partial charge in [0.1, 0.15) is 6.61 Å². The number of hydrogen-bond acceptors (Lipinski definition) is 4. The lowest BCUT2D eigenvalue weighted by Crippen LogP contribution is -2.31. The first-order valence-electron chi connectivity index (χ1n) is 5.27. The Labute approximate surface area is 114 Å². The normalized spacial score (nSPS) is 11.7. The standard InChI is InChI=1S/C12H14BrNO4/c1-8(18-11(15)7-17-2)12(16)14-10-5-3-9(13)4-6-10/h3-6,8H,7H2,1-2H3,(H,14,16)/t8-/m1/s1. The molecule has 1 aromatic carbocycles. The maximum Gasteiger partial charge on any atom is 0.332 e. The molecule has 0 aliphatic rings. The van der Waals surface area contributed by atoms with Gasteiger partial charge in [-0.3, -0.25) is 4.79 Å². The molecule has 1 atom stereocenters. The molecule has 1 rings (SSSR count). The van der Waals surface area contributed by atoms with Crippen molar-refractivity contribution in [3.05, 3.63) is 28.7 Å². The molecule has 0 spiro atoms. The fraction of sp³-hybridized carbons (Fsp3) is 0.333. The maximum atomic E-state index is 11.7. The molecule has 0 heterocycles. The van der Waals surface area contributed by atoms with E-state index in [0.717, 1.165) is 4.47 Å². The van der Waals surface area contributed by atoms with Crippen LogP contribution in [0.15, 0.2) is 28.7 Å². The van der Waals surface area contributed by atoms with E-state index < -0.39 is 12.1 Å². The van der Waals surface area contributed by atoms with Crippen molar-refractivity contribution < 1.29 is 19.1 Å². The van der Waals surface area contributed by atoms with Crippen LogP contribution in [0.5, 0.6) is 0 Å². The molecular weight excluding hydrogens is 302 g/mol. The lowest BCUT2D eigenvalue weighted by Gasteiger charge is -2.13. The van der Waals surface area contributed by atoms with Gasteiger partial charge in [0.25, 0.3) is 5.91 Å². The van der Waals surface area contributed by atoms with Gasteiger partial charge in [-0.1, -0.05) is 15.9 Å². The molecule has 0 fully saturated rings. The maximum absolute atomic E-state index is 11.7. The van der Waals surface area contributed by atoms with Crippen molar-refractivity contribution in [3.8, 4) is 0 Å². The number of halogens is 1. The minimum Gasteiger partial charge on any atom is -0.451 e. The summed E-state index contributed by atoms with van der Waals surface area (Å²) in [5, 5.41) is 2.64. The van der Waals surface area contributed by atoms with Crippen molar-refractivity contribution in [2.45, 2.75) is 13.0 Å². The predicted molar refractivity (Wildman–Crippen MR) is 70.2 cm³/mol. The van der Waals surface area contributed by atoms with Gasteiger partial charge >= 0.3 is 5.97 Å². The van der Waals surface area contributed by atoms with E-state index in [2.05, 4.69) is 26.0 Å². The zero-order valence-electron chi connectivity index (χ0n) is 10.1. The second kappa shape index (κ2) is 7.13. The average molecular weight is 316 g/mol. The summed E-state index contributed by atoms with van der Waals surface area (Å²) in [5.74, 6) is -0.960. The molecule has 98 valence electrons. The first-order chi connectivity index (χ1) is 8.52. The minimum absolute atomic E-state index is 0.171. The molecule has 1 N–H and O–H groups in total. The third kappa shape index (κ3) is 4.85. The quantitative estimate of drug-likeness (QED) is 0.844. The van der Waals surface area contributed by atoms with Crippen molar-refractivity contribution in [2.24, 2.45) is 0 Å². The minimum atomic E-state index is -0.865. The number of ether oxygens (including phenoxy) is 2. The van der Waals surface area contributed by atoms with Crippen molar-refractivity contribution >= 4 is 33.5 Å². The van der Waals surface area contributed by atoms with Crippen molar-refractivity contribution in [3.63, 3.8) is 0 Å². The van der Waals surface area contributed by atoms with Crippen LogP contribution in [0.4, 0.5) is 5.69 Å². The number of amides is 1. The van der Waals surface area contributed by atoms with Crippen LogP contribution in [0, 0.1) is 0 Å². The highest BCUT2D eigenvalue weighted by molar-refractivity contribution is 9.10. The molecular formula is C12H14BrNO4. The number of carbonyl (C=O) groups is 2. The van der Waals surface area contributed by atoms with Gasteiger partial charge in [-0.25, -0.2) is 4.79 Å². The first kappa shape index (κ1) is 14.7. The Balaban J connectivity index is 2.49. The van der Waals surface area contributed by atoms with E-state index in [1.807, 2.05) is 0 Å². The molecule has 6 heteroatoms. The molecule has 1 amide bonds. The smallest absolute Gasteiger partial charge is 0.332 e. The molecule has 0 saturated heterocycles. The summed E-state index contributed by atoms with van der Waals surface area (Å²) in [7, 11) is 1.38. The van der Waals surface area contributed by atoms with Crippen molar-refractivity contribution in [1.82, 2.24) is 0 Å². The molecule has 1 aromatic rings. The summed E-state index contributed by atoms with van der Waals surface area (Å²) in [6.07, 6.45) is -0.865. The highest BCUT2D eigenvalue weighted by atomic mass is 79.9. The number of benzene rings is 1. The average Bonchev–Trinajstić information content (AvgIpc) is 2.32. The number of rotatable bonds is 5. The summed E-state index contributed by atoms with van der Waals surface area (Å²) >= 11 is 3.29. The van der Waals surface area contributed by atoms with Gasteiger partial charge in [0, 0.05) is 17.3 Å². The summed E-state index contributed by atoms with van der Waals surface area (Å²) in [6, 6.07) is 7.09. The number of esters is 1. The molecule has 0 saturated carbocycles. The Morgan fingerprint density at radius 3 is 2.50 bits per heavy atom. The SMILES string of the molecule is COCC(=O)O[C@H](C)C(=O)Nc1ccc(Br)cc1. The number of carbonyl (C=O) groups excluding carboxylic acids is 2. The summed E-state index contributed by atoms with van der Waals surface area (Å²) < 4.78 is 10.4. The number of hydrogen-bond donors (Lipinski definition) is 1. The van der Waals surface area contributed by atoms with Gasteiger partial charge in [-0.05, 0) is 31.2 Å². The topological polar surface area (TPSA) is 64.6 Å². The molecule has 0 unspecified atom stereocenters. The van der Waals surface area contributed by atoms with Crippen LogP contribution in [0.25, 0.3) is 0 Å². The van der Waals surface area contributed by atoms with Gasteiger partial charge in [0.05, 0.1) is 0 Å². The van der Waals surface area contributed by atoms with E-state index in [4.69, 9.17) is 4.74 Å². The second-order valence-corrected chi connectivity index (χ2v) is 4.48. The third-order valence-electron chi connectivity index (χ3n) is 2.05. The lowest BCUT2D eigenvalue weighted by molar-refractivity contribution is -0.156. The highest BCUT2D eigenvalue weighted by Crippen LogP contribution is 2.14. The van der Waals surface area contributed by atoms with E-state index >= 15 is 0 Å². The molecule has 5 nitrogen and oxygen atoms in total. The van der Waals surface area contributed by atoms with Crippen LogP contribution in [0.2, 0.25) is 0 Å². The van der Waals surface area contributed by atoms with Crippen LogP contribution in [0.1, 0.15) is 6.92 Å². The largest absolute Gasteiger partial charge is 0.451 e. The summed E-state index contributed by atoms with van der Waals surface area (Å²) in [4.78, 5) is 22.8. The molecule has 0 aromatic heterocycles. The van der Waals surface area contributed by atoms with Crippen molar-refractivity contribution in [2.75, 3.05) is 19.0 Å². The Hall–Kier alpha value is -1.40. The predicted octanol–water partition coefficient (Wildman–Crippen LogP) is 1.97. The van der Waals surface area contributed by atoms with E-state index in [1.165, 1.54) is 14.0 Å². The number of nitrogens with one attached hydrogen (secondary N) is 1. The van der Waals surface area contributed by atoms with E-state index in [1.54, 1.807) is 24.3 Å². The van der Waals surface area contributed by atoms with Gasteiger partial charge in [0.2, 0.25) is 0 Å². The first-order valence-corrected chi connectivity index (χ1v) is 6.07. The van der Waals surface area contributed by atoms with Crippen LogP contribution >= 0.6 is 15.9 Å². The monoisotopic (exact) mass is 315 g/mol. The van der Waals surface area contributed by atoms with E-state index in [-0.39, 0.29) is 12.5 Å². The molecule has 18 heavy (non-hydrogen) atoms. The summed E-state index contributed by atoms with van der Waals surface area (Å²) in [5.41, 5.74) is 0.637. The zero-order valence-corrected chi connectivity index (χ0v) is 11.7. The van der Waals surface area contributed by atoms with Gasteiger partial charge in [-0.15, -0.1) is 0 Å². The van der Waals surface area contributed by atoms with Crippen LogP contribution in [0.3, 0.4) is 0 Å². The van der Waals surface area contributed by atoms with Crippen LogP contribution in [-0.2, 0) is 19.1 Å². The Morgan fingerprint density at radius 2 is 1.94 bits per heavy atom. The van der Waals surface area contributed by atoms with Gasteiger partial charge in [0.15, 0.2) is 6.10 Å². The highest BCUT2D eigenvalue weighted by Gasteiger charge is 2.17. The third-order valence-corrected chi connectivity index (χ3v) is 2.58. The molecule has 0 aliphatic heterocycles. The van der Waals surface area contributed by atoms with Gasteiger partial charge < -0.3 is 14.8 Å². The molecule has 0 bridgehead atoms. The number of methoxy groups -OCH3 is 1. The van der Waals surface area contributed by atoms with Crippen LogP contribution in [-0.4, -0.2) is 31.7 Å². The lowest BCUT2D eigenvalue weighted by atomic mass is 10.3. The van der Waals surface area contributed by atoms with E-state index in [9.17, 15) is 9.59 Å². The van der Waals surface area contributed by atoms with Gasteiger partial charge in [-0.2, -0.15) is 0 Å². The summed E-state index contributed by atoms with van der Waals surface area (Å²) in [6.45, 7) is 1.33. The fourth-order valence-electron chi connectivity index (χ4n) is 1.18. The Bertz CT molecular complexity index is 419. The number of anilines is 1. The zero-order chi connectivity index (χ0) is 13.5. The molecule has 0 aliphatic carbocycles. The molecule has 0 radical (unpaired) electrons. The van der Waals surface area contributed by atoms with Crippen molar-refractivity contribution in [1.29, 1.82) is 0 Å². The van der Waals surface area contributed by atoms with Crippen LogP contribution < -0.4 is 5.32 Å². The Morgan fingerprint density at radius 1 is 1.33 bits per heavy atom. The fourth-order valence-corrected chi connectivity index (χ4v) is 1.44.